The molecule has 0 saturated heterocycles. The van der Waals surface area contributed by atoms with Crippen LogP contribution in [0.5, 0.6) is 5.75 Å². The first kappa shape index (κ1) is 22.5. The van der Waals surface area contributed by atoms with E-state index in [2.05, 4.69) is 20.3 Å². The van der Waals surface area contributed by atoms with Crippen molar-refractivity contribution in [2.24, 2.45) is 0 Å². The minimum atomic E-state index is -0.192. The monoisotopic (exact) mass is 488 g/mol. The summed E-state index contributed by atoms with van der Waals surface area (Å²) in [6, 6.07) is 25.0. The molecule has 2 aromatic carbocycles. The maximum absolute atomic E-state index is 13.6. The van der Waals surface area contributed by atoms with Gasteiger partial charge in [0.05, 0.1) is 18.5 Å². The van der Waals surface area contributed by atoms with E-state index in [4.69, 9.17) is 9.15 Å². The summed E-state index contributed by atoms with van der Waals surface area (Å²) >= 11 is 0. The van der Waals surface area contributed by atoms with Crippen LogP contribution in [0, 0.1) is 0 Å². The second-order valence-electron chi connectivity index (χ2n) is 8.67. The van der Waals surface area contributed by atoms with E-state index < -0.39 is 0 Å². The zero-order valence-electron chi connectivity index (χ0n) is 20.2. The number of para-hydroxylation sites is 2. The third kappa shape index (κ3) is 4.31. The molecule has 0 fully saturated rings. The summed E-state index contributed by atoms with van der Waals surface area (Å²) in [6.07, 6.45) is 4.20. The average Bonchev–Trinajstić information content (AvgIpc) is 3.56. The molecule has 0 aliphatic carbocycles. The van der Waals surface area contributed by atoms with Gasteiger partial charge in [-0.1, -0.05) is 36.4 Å². The van der Waals surface area contributed by atoms with Crippen LogP contribution in [0.3, 0.4) is 0 Å². The number of ketones is 1. The number of hydrogen-bond donors (Lipinski definition) is 2. The molecule has 37 heavy (non-hydrogen) atoms. The van der Waals surface area contributed by atoms with Gasteiger partial charge < -0.3 is 19.5 Å². The minimum Gasteiger partial charge on any atom is -0.493 e. The van der Waals surface area contributed by atoms with Crippen LogP contribution in [-0.2, 0) is 6.42 Å². The smallest absolute Gasteiger partial charge is 0.244 e. The second kappa shape index (κ2) is 9.62. The highest BCUT2D eigenvalue weighted by atomic mass is 16.5. The molecule has 6 aromatic rings. The standard InChI is InChI=1S/C30H24N4O3/c1-36-25-11-6-7-19-17-26(37-30(19)25)29(35)28-22(21-8-2-3-10-24(21)34-28)14-16-32-27-13-12-20(18-33-27)23-9-4-5-15-31-23/h2-13,15,17-18,34H,14,16H2,1H3,(H,32,33). The fourth-order valence-corrected chi connectivity index (χ4v) is 4.58. The van der Waals surface area contributed by atoms with E-state index in [1.165, 1.54) is 0 Å². The highest BCUT2D eigenvalue weighted by Crippen LogP contribution is 2.31. The molecule has 0 spiro atoms. The van der Waals surface area contributed by atoms with Crippen LogP contribution in [-0.4, -0.2) is 34.4 Å². The van der Waals surface area contributed by atoms with Gasteiger partial charge in [-0.2, -0.15) is 0 Å². The van der Waals surface area contributed by atoms with Crippen LogP contribution in [0.2, 0.25) is 0 Å². The van der Waals surface area contributed by atoms with Gasteiger partial charge in [0.25, 0.3) is 0 Å². The summed E-state index contributed by atoms with van der Waals surface area (Å²) < 4.78 is 11.3. The van der Waals surface area contributed by atoms with Crippen molar-refractivity contribution in [3.63, 3.8) is 0 Å². The number of ether oxygens (including phenoxy) is 1. The highest BCUT2D eigenvalue weighted by Gasteiger charge is 2.23. The molecule has 0 atom stereocenters. The summed E-state index contributed by atoms with van der Waals surface area (Å²) in [5, 5.41) is 5.21. The van der Waals surface area contributed by atoms with E-state index in [1.807, 2.05) is 72.8 Å². The first-order valence-electron chi connectivity index (χ1n) is 12.0. The number of rotatable bonds is 8. The maximum atomic E-state index is 13.6. The number of carbonyl (C=O) groups excluding carboxylic acids is 1. The molecule has 4 heterocycles. The Labute approximate surface area is 213 Å². The lowest BCUT2D eigenvalue weighted by molar-refractivity contribution is 0.101. The van der Waals surface area contributed by atoms with E-state index >= 15 is 0 Å². The van der Waals surface area contributed by atoms with Crippen molar-refractivity contribution < 1.29 is 13.9 Å². The number of nitrogens with one attached hydrogen (secondary N) is 2. The molecule has 0 saturated carbocycles. The topological polar surface area (TPSA) is 93.0 Å². The molecule has 2 N–H and O–H groups in total. The Bertz CT molecular complexity index is 1700. The summed E-state index contributed by atoms with van der Waals surface area (Å²) in [6.45, 7) is 0.603. The van der Waals surface area contributed by atoms with Gasteiger partial charge in [0.15, 0.2) is 17.1 Å². The quantitative estimate of drug-likeness (QED) is 0.246. The predicted molar refractivity (Wildman–Crippen MR) is 144 cm³/mol. The molecule has 0 aliphatic rings. The van der Waals surface area contributed by atoms with Gasteiger partial charge in [0.2, 0.25) is 5.78 Å². The average molecular weight is 489 g/mol. The first-order valence-corrected chi connectivity index (χ1v) is 12.0. The number of H-pyrrole nitrogens is 1. The van der Waals surface area contributed by atoms with Gasteiger partial charge in [-0.15, -0.1) is 0 Å². The Morgan fingerprint density at radius 1 is 1.00 bits per heavy atom. The largest absolute Gasteiger partial charge is 0.493 e. The van der Waals surface area contributed by atoms with Crippen molar-refractivity contribution in [2.75, 3.05) is 19.0 Å². The van der Waals surface area contributed by atoms with E-state index in [0.29, 0.717) is 30.0 Å². The van der Waals surface area contributed by atoms with Crippen LogP contribution < -0.4 is 10.1 Å². The molecule has 0 bridgehead atoms. The Hall–Kier alpha value is -4.91. The van der Waals surface area contributed by atoms with E-state index in [-0.39, 0.29) is 11.5 Å². The molecule has 7 heteroatoms. The summed E-state index contributed by atoms with van der Waals surface area (Å²) in [5.41, 5.74) is 4.77. The number of benzene rings is 2. The van der Waals surface area contributed by atoms with Gasteiger partial charge in [-0.3, -0.25) is 9.78 Å². The van der Waals surface area contributed by atoms with Crippen molar-refractivity contribution >= 4 is 33.5 Å². The van der Waals surface area contributed by atoms with Crippen LogP contribution in [0.4, 0.5) is 5.82 Å². The highest BCUT2D eigenvalue weighted by molar-refractivity contribution is 6.12. The van der Waals surface area contributed by atoms with Gasteiger partial charge in [-0.05, 0) is 54.4 Å². The lowest BCUT2D eigenvalue weighted by Gasteiger charge is -2.08. The van der Waals surface area contributed by atoms with E-state index in [0.717, 1.165) is 38.9 Å². The van der Waals surface area contributed by atoms with Gasteiger partial charge in [0.1, 0.15) is 5.82 Å². The lowest BCUT2D eigenvalue weighted by atomic mass is 10.0. The maximum Gasteiger partial charge on any atom is 0.244 e. The number of aromatic amines is 1. The third-order valence-electron chi connectivity index (χ3n) is 6.40. The Balaban J connectivity index is 1.25. The van der Waals surface area contributed by atoms with Crippen LogP contribution in [0.1, 0.15) is 21.8 Å². The summed E-state index contributed by atoms with van der Waals surface area (Å²) in [5.74, 6) is 1.44. The number of aromatic nitrogens is 3. The lowest BCUT2D eigenvalue weighted by Crippen LogP contribution is -2.10. The number of nitrogens with zero attached hydrogens (tertiary/aromatic N) is 2. The van der Waals surface area contributed by atoms with Crippen molar-refractivity contribution in [3.05, 3.63) is 108 Å². The first-order chi connectivity index (χ1) is 18.2. The van der Waals surface area contributed by atoms with Gasteiger partial charge in [-0.25, -0.2) is 4.98 Å². The number of furan rings is 1. The Kier molecular flexibility index (Phi) is 5.86. The van der Waals surface area contributed by atoms with Crippen molar-refractivity contribution in [1.82, 2.24) is 15.0 Å². The number of carbonyl (C=O) groups is 1. The van der Waals surface area contributed by atoms with Crippen LogP contribution in [0.15, 0.2) is 95.7 Å². The Morgan fingerprint density at radius 3 is 2.70 bits per heavy atom. The van der Waals surface area contributed by atoms with Crippen LogP contribution >= 0.6 is 0 Å². The summed E-state index contributed by atoms with van der Waals surface area (Å²) in [4.78, 5) is 25.8. The summed E-state index contributed by atoms with van der Waals surface area (Å²) in [7, 11) is 1.59. The van der Waals surface area contributed by atoms with Crippen LogP contribution in [0.25, 0.3) is 33.1 Å². The number of hydrogen-bond acceptors (Lipinski definition) is 6. The SMILES string of the molecule is COc1cccc2cc(C(=O)c3[nH]c4ccccc4c3CCNc3ccc(-c4ccccn4)cn3)oc12. The van der Waals surface area contributed by atoms with Crippen molar-refractivity contribution in [3.8, 4) is 17.0 Å². The molecule has 0 unspecified atom stereocenters. The Morgan fingerprint density at radius 2 is 1.89 bits per heavy atom. The molecular formula is C30H24N4O3. The number of pyridine rings is 2. The minimum absolute atomic E-state index is 0.192. The zero-order chi connectivity index (χ0) is 25.2. The fourth-order valence-electron chi connectivity index (χ4n) is 4.58. The van der Waals surface area contributed by atoms with Crippen molar-refractivity contribution in [2.45, 2.75) is 6.42 Å². The molecule has 0 aliphatic heterocycles. The van der Waals surface area contributed by atoms with E-state index in [1.54, 1.807) is 25.6 Å². The molecular weight excluding hydrogens is 464 g/mol. The number of methoxy groups -OCH3 is 1. The molecule has 4 aromatic heterocycles. The van der Waals surface area contributed by atoms with E-state index in [9.17, 15) is 4.79 Å². The molecule has 0 amide bonds. The molecule has 182 valence electrons. The molecule has 7 nitrogen and oxygen atoms in total. The predicted octanol–water partition coefficient (Wildman–Crippen LogP) is 6.27. The number of fused-ring (bicyclic) bond motifs is 2. The number of anilines is 1. The van der Waals surface area contributed by atoms with Gasteiger partial charge >= 0.3 is 0 Å². The zero-order valence-corrected chi connectivity index (χ0v) is 20.2. The molecule has 6 rings (SSSR count). The molecule has 0 radical (unpaired) electrons. The second-order valence-corrected chi connectivity index (χ2v) is 8.67. The van der Waals surface area contributed by atoms with Gasteiger partial charge in [0, 0.05) is 40.8 Å². The van der Waals surface area contributed by atoms with Crippen molar-refractivity contribution in [1.29, 1.82) is 0 Å². The normalized spacial score (nSPS) is 11.2. The fraction of sp³-hybridized carbons (Fsp3) is 0.100. The third-order valence-corrected chi connectivity index (χ3v) is 6.40.